The summed E-state index contributed by atoms with van der Waals surface area (Å²) in [5.74, 6) is 1.04. The zero-order valence-corrected chi connectivity index (χ0v) is 13.5. The fourth-order valence-electron chi connectivity index (χ4n) is 1.73. The SMILES string of the molecule is Cc1cccc(-c2nc(Cl)c(I)c(C(C)C)n2)c1. The molecular formula is C14H14ClIN2. The average Bonchev–Trinajstić information content (AvgIpc) is 2.32. The van der Waals surface area contributed by atoms with Gasteiger partial charge in [-0.25, -0.2) is 9.97 Å². The van der Waals surface area contributed by atoms with Gasteiger partial charge in [-0.1, -0.05) is 49.2 Å². The fraction of sp³-hybridized carbons (Fsp3) is 0.286. The van der Waals surface area contributed by atoms with Crippen molar-refractivity contribution in [2.45, 2.75) is 26.7 Å². The number of halogens is 2. The van der Waals surface area contributed by atoms with Crippen LogP contribution in [-0.4, -0.2) is 9.97 Å². The number of benzene rings is 1. The van der Waals surface area contributed by atoms with Crippen molar-refractivity contribution in [2.24, 2.45) is 0 Å². The van der Waals surface area contributed by atoms with E-state index in [0.717, 1.165) is 14.8 Å². The molecule has 0 unspecified atom stereocenters. The first-order valence-corrected chi connectivity index (χ1v) is 7.24. The highest BCUT2D eigenvalue weighted by Gasteiger charge is 2.14. The summed E-state index contributed by atoms with van der Waals surface area (Å²) in [5, 5.41) is 0.533. The van der Waals surface area contributed by atoms with Crippen molar-refractivity contribution >= 4 is 34.2 Å². The molecule has 0 saturated heterocycles. The Morgan fingerprint density at radius 1 is 1.22 bits per heavy atom. The minimum atomic E-state index is 0.334. The van der Waals surface area contributed by atoms with Gasteiger partial charge in [0.15, 0.2) is 5.82 Å². The number of nitrogens with zero attached hydrogens (tertiary/aromatic N) is 2. The Morgan fingerprint density at radius 3 is 2.56 bits per heavy atom. The summed E-state index contributed by atoms with van der Waals surface area (Å²) in [6.07, 6.45) is 0. The maximum absolute atomic E-state index is 6.19. The lowest BCUT2D eigenvalue weighted by atomic mass is 10.1. The van der Waals surface area contributed by atoms with Crippen LogP contribution >= 0.6 is 34.2 Å². The number of rotatable bonds is 2. The standard InChI is InChI=1S/C14H14ClIN2/c1-8(2)12-11(16)13(15)18-14(17-12)10-6-4-5-9(3)7-10/h4-8H,1-3H3. The summed E-state index contributed by atoms with van der Waals surface area (Å²) < 4.78 is 0.945. The van der Waals surface area contributed by atoms with Crippen molar-refractivity contribution in [1.82, 2.24) is 9.97 Å². The monoisotopic (exact) mass is 372 g/mol. The lowest BCUT2D eigenvalue weighted by Crippen LogP contribution is -2.02. The van der Waals surface area contributed by atoms with Gasteiger partial charge < -0.3 is 0 Å². The first-order chi connectivity index (χ1) is 8.49. The van der Waals surface area contributed by atoms with Crippen LogP contribution in [0.3, 0.4) is 0 Å². The molecule has 0 spiro atoms. The Hall–Kier alpha value is -0.680. The minimum absolute atomic E-state index is 0.334. The molecule has 0 saturated carbocycles. The largest absolute Gasteiger partial charge is 0.232 e. The van der Waals surface area contributed by atoms with Gasteiger partial charge in [-0.3, -0.25) is 0 Å². The minimum Gasteiger partial charge on any atom is -0.232 e. The summed E-state index contributed by atoms with van der Waals surface area (Å²) in [7, 11) is 0. The molecule has 0 amide bonds. The van der Waals surface area contributed by atoms with Crippen LogP contribution in [0.25, 0.3) is 11.4 Å². The maximum Gasteiger partial charge on any atom is 0.161 e. The predicted octanol–water partition coefficient (Wildman–Crippen LogP) is 4.83. The molecular weight excluding hydrogens is 359 g/mol. The maximum atomic E-state index is 6.19. The third kappa shape index (κ3) is 2.83. The number of hydrogen-bond acceptors (Lipinski definition) is 2. The van der Waals surface area contributed by atoms with Gasteiger partial charge in [0, 0.05) is 5.56 Å². The van der Waals surface area contributed by atoms with Gasteiger partial charge in [-0.05, 0) is 41.5 Å². The second-order valence-corrected chi connectivity index (χ2v) is 6.00. The molecule has 0 atom stereocenters. The molecule has 4 heteroatoms. The van der Waals surface area contributed by atoms with E-state index in [9.17, 15) is 0 Å². The Kier molecular flexibility index (Phi) is 4.22. The highest BCUT2D eigenvalue weighted by atomic mass is 127. The lowest BCUT2D eigenvalue weighted by Gasteiger charge is -2.11. The molecule has 0 radical (unpaired) electrons. The molecule has 0 fully saturated rings. The lowest BCUT2D eigenvalue weighted by molar-refractivity contribution is 0.808. The number of aryl methyl sites for hydroxylation is 1. The Bertz CT molecular complexity index is 582. The summed E-state index contributed by atoms with van der Waals surface area (Å²) in [6, 6.07) is 8.15. The van der Waals surface area contributed by atoms with E-state index in [1.165, 1.54) is 5.56 Å². The van der Waals surface area contributed by atoms with Crippen molar-refractivity contribution in [3.63, 3.8) is 0 Å². The van der Waals surface area contributed by atoms with Crippen molar-refractivity contribution in [3.8, 4) is 11.4 Å². The molecule has 1 aromatic carbocycles. The van der Waals surface area contributed by atoms with Crippen LogP contribution < -0.4 is 0 Å². The molecule has 1 heterocycles. The first kappa shape index (κ1) is 13.7. The average molecular weight is 373 g/mol. The van der Waals surface area contributed by atoms with E-state index in [2.05, 4.69) is 65.5 Å². The van der Waals surface area contributed by atoms with Crippen LogP contribution in [0.4, 0.5) is 0 Å². The van der Waals surface area contributed by atoms with Gasteiger partial charge in [0.05, 0.1) is 9.26 Å². The molecule has 1 aromatic heterocycles. The second-order valence-electron chi connectivity index (χ2n) is 4.56. The second kappa shape index (κ2) is 5.53. The first-order valence-electron chi connectivity index (χ1n) is 5.79. The predicted molar refractivity (Wildman–Crippen MR) is 84.0 cm³/mol. The van der Waals surface area contributed by atoms with Crippen LogP contribution in [0.2, 0.25) is 5.15 Å². The normalized spacial score (nSPS) is 11.0. The third-order valence-electron chi connectivity index (χ3n) is 2.66. The van der Waals surface area contributed by atoms with Gasteiger partial charge in [-0.2, -0.15) is 0 Å². The van der Waals surface area contributed by atoms with Gasteiger partial charge in [0.1, 0.15) is 5.15 Å². The summed E-state index contributed by atoms with van der Waals surface area (Å²) >= 11 is 8.40. The van der Waals surface area contributed by atoms with E-state index >= 15 is 0 Å². The molecule has 0 bridgehead atoms. The molecule has 18 heavy (non-hydrogen) atoms. The topological polar surface area (TPSA) is 25.8 Å². The Morgan fingerprint density at radius 2 is 1.94 bits per heavy atom. The van der Waals surface area contributed by atoms with E-state index in [0.29, 0.717) is 16.9 Å². The molecule has 0 aliphatic heterocycles. The number of aromatic nitrogens is 2. The van der Waals surface area contributed by atoms with E-state index in [1.54, 1.807) is 0 Å². The highest BCUT2D eigenvalue weighted by molar-refractivity contribution is 14.1. The molecule has 2 nitrogen and oxygen atoms in total. The number of hydrogen-bond donors (Lipinski definition) is 0. The van der Waals surface area contributed by atoms with Crippen molar-refractivity contribution in [3.05, 3.63) is 44.2 Å². The van der Waals surface area contributed by atoms with Crippen LogP contribution in [0.1, 0.15) is 31.0 Å². The van der Waals surface area contributed by atoms with Crippen molar-refractivity contribution in [1.29, 1.82) is 0 Å². The molecule has 2 rings (SSSR count). The van der Waals surface area contributed by atoms with Crippen LogP contribution in [-0.2, 0) is 0 Å². The summed E-state index contributed by atoms with van der Waals surface area (Å²) in [4.78, 5) is 9.01. The zero-order chi connectivity index (χ0) is 13.3. The molecule has 2 aromatic rings. The smallest absolute Gasteiger partial charge is 0.161 e. The zero-order valence-electron chi connectivity index (χ0n) is 10.5. The Labute approximate surface area is 126 Å². The van der Waals surface area contributed by atoms with E-state index in [1.807, 2.05) is 12.1 Å². The van der Waals surface area contributed by atoms with Crippen molar-refractivity contribution in [2.75, 3.05) is 0 Å². The summed E-state index contributed by atoms with van der Waals surface area (Å²) in [6.45, 7) is 6.28. The van der Waals surface area contributed by atoms with Crippen LogP contribution in [0, 0.1) is 10.5 Å². The van der Waals surface area contributed by atoms with Gasteiger partial charge >= 0.3 is 0 Å². The fourth-order valence-corrected chi connectivity index (χ4v) is 2.77. The van der Waals surface area contributed by atoms with Gasteiger partial charge in [-0.15, -0.1) is 0 Å². The van der Waals surface area contributed by atoms with E-state index in [-0.39, 0.29) is 0 Å². The molecule has 0 aliphatic rings. The van der Waals surface area contributed by atoms with E-state index in [4.69, 9.17) is 11.6 Å². The third-order valence-corrected chi connectivity index (χ3v) is 4.32. The van der Waals surface area contributed by atoms with Gasteiger partial charge in [0.25, 0.3) is 0 Å². The highest BCUT2D eigenvalue weighted by Crippen LogP contribution is 2.28. The van der Waals surface area contributed by atoms with Crippen LogP contribution in [0.5, 0.6) is 0 Å². The summed E-state index contributed by atoms with van der Waals surface area (Å²) in [5.41, 5.74) is 3.21. The molecule has 0 N–H and O–H groups in total. The van der Waals surface area contributed by atoms with E-state index < -0.39 is 0 Å². The molecule has 0 aliphatic carbocycles. The van der Waals surface area contributed by atoms with Crippen molar-refractivity contribution < 1.29 is 0 Å². The van der Waals surface area contributed by atoms with Crippen LogP contribution in [0.15, 0.2) is 24.3 Å². The molecule has 94 valence electrons. The van der Waals surface area contributed by atoms with Gasteiger partial charge in [0.2, 0.25) is 0 Å². The Balaban J connectivity index is 2.59. The quantitative estimate of drug-likeness (QED) is 0.557.